The summed E-state index contributed by atoms with van der Waals surface area (Å²) in [5.74, 6) is 0.902. The number of fused-ring (bicyclic) bond motifs is 2. The average molecular weight is 482 g/mol. The summed E-state index contributed by atoms with van der Waals surface area (Å²) in [5, 5.41) is 8.78. The number of rotatable bonds is 5. The number of nitrogens with one attached hydrogen (secondary N) is 3. The quantitative estimate of drug-likeness (QED) is 0.554. The lowest BCUT2D eigenvalue weighted by Gasteiger charge is -2.38. The number of hydrogen-bond donors (Lipinski definition) is 3. The smallest absolute Gasteiger partial charge is 0.223 e. The molecule has 33 heavy (non-hydrogen) atoms. The second-order valence-corrected chi connectivity index (χ2v) is 13.6. The maximum atomic E-state index is 13.6. The molecule has 0 aromatic carbocycles. The molecule has 5 aliphatic rings. The van der Waals surface area contributed by atoms with E-state index in [-0.39, 0.29) is 23.9 Å². The van der Waals surface area contributed by atoms with Gasteiger partial charge in [0.25, 0.3) is 0 Å². The first kappa shape index (κ1) is 24.0. The van der Waals surface area contributed by atoms with Crippen LogP contribution in [0.2, 0.25) is 0 Å². The Hall–Kier alpha value is -0.740. The minimum Gasteiger partial charge on any atom is -0.352 e. The normalized spacial score (nSPS) is 40.5. The Morgan fingerprint density at radius 3 is 2.61 bits per heavy atom. The van der Waals surface area contributed by atoms with Gasteiger partial charge in [-0.2, -0.15) is 4.31 Å². The third-order valence-corrected chi connectivity index (χ3v) is 11.4. The highest BCUT2D eigenvalue weighted by molar-refractivity contribution is 7.89. The summed E-state index contributed by atoms with van der Waals surface area (Å²) in [5.41, 5.74) is 3.49. The molecule has 0 aromatic rings. The van der Waals surface area contributed by atoms with Gasteiger partial charge in [-0.1, -0.05) is 19.3 Å². The first-order chi connectivity index (χ1) is 15.8. The van der Waals surface area contributed by atoms with Crippen LogP contribution in [-0.2, 0) is 14.8 Å². The van der Waals surface area contributed by atoms with Gasteiger partial charge in [-0.05, 0) is 64.7 Å². The number of hydrazine groups is 1. The van der Waals surface area contributed by atoms with Gasteiger partial charge in [-0.3, -0.25) is 15.5 Å². The highest BCUT2D eigenvalue weighted by atomic mass is 32.2. The first-order valence-electron chi connectivity index (χ1n) is 13.4. The van der Waals surface area contributed by atoms with Crippen LogP contribution in [0.4, 0.5) is 0 Å². The molecule has 8 nitrogen and oxygen atoms in total. The molecule has 0 spiro atoms. The molecule has 9 heteroatoms. The largest absolute Gasteiger partial charge is 0.352 e. The van der Waals surface area contributed by atoms with Gasteiger partial charge in [0.05, 0.1) is 11.4 Å². The van der Waals surface area contributed by atoms with Crippen LogP contribution in [0.25, 0.3) is 0 Å². The Bertz CT molecular complexity index is 821. The Labute approximate surface area is 199 Å². The van der Waals surface area contributed by atoms with E-state index in [2.05, 4.69) is 34.9 Å². The molecule has 7 unspecified atom stereocenters. The van der Waals surface area contributed by atoms with Gasteiger partial charge in [0, 0.05) is 49.6 Å². The lowest BCUT2D eigenvalue weighted by atomic mass is 9.86. The van der Waals surface area contributed by atoms with Gasteiger partial charge >= 0.3 is 0 Å². The van der Waals surface area contributed by atoms with Crippen LogP contribution in [0.1, 0.15) is 78.1 Å². The van der Waals surface area contributed by atoms with Crippen molar-refractivity contribution in [3.8, 4) is 0 Å². The van der Waals surface area contributed by atoms with Gasteiger partial charge in [0.2, 0.25) is 15.9 Å². The topological polar surface area (TPSA) is 93.8 Å². The standard InChI is InChI=1S/C24H43N5O3S/c1-16(2)29-23-19(14-26-29)12-20(15-25-23)27-24(30)18-7-5-8-21(13-18)33(31,32)28-11-10-17-6-3-4-9-22(17)28/h16-23,25-26H,3-15H2,1-2H3,(H,27,30). The molecule has 7 atom stereocenters. The molecule has 188 valence electrons. The second kappa shape index (κ2) is 9.72. The van der Waals surface area contributed by atoms with Crippen molar-refractivity contribution in [1.82, 2.24) is 25.4 Å². The van der Waals surface area contributed by atoms with E-state index in [9.17, 15) is 13.2 Å². The number of sulfonamides is 1. The maximum absolute atomic E-state index is 13.6. The predicted molar refractivity (Wildman–Crippen MR) is 129 cm³/mol. The zero-order valence-corrected chi connectivity index (χ0v) is 21.2. The molecule has 3 saturated heterocycles. The molecule has 1 amide bonds. The third kappa shape index (κ3) is 4.73. The predicted octanol–water partition coefficient (Wildman–Crippen LogP) is 1.79. The minimum atomic E-state index is -3.33. The summed E-state index contributed by atoms with van der Waals surface area (Å²) in [4.78, 5) is 13.2. The maximum Gasteiger partial charge on any atom is 0.223 e. The molecule has 0 radical (unpaired) electrons. The molecular formula is C24H43N5O3S. The molecule has 5 rings (SSSR count). The van der Waals surface area contributed by atoms with Crippen LogP contribution in [0.3, 0.4) is 0 Å². The van der Waals surface area contributed by atoms with Gasteiger partial charge in [-0.25, -0.2) is 13.4 Å². The number of carbonyl (C=O) groups excluding carboxylic acids is 1. The first-order valence-corrected chi connectivity index (χ1v) is 14.9. The molecule has 0 bridgehead atoms. The monoisotopic (exact) mass is 481 g/mol. The van der Waals surface area contributed by atoms with Crippen molar-refractivity contribution in [2.24, 2.45) is 17.8 Å². The molecule has 2 saturated carbocycles. The zero-order valence-electron chi connectivity index (χ0n) is 20.3. The molecule has 5 fully saturated rings. The van der Waals surface area contributed by atoms with Crippen LogP contribution in [-0.4, -0.2) is 72.8 Å². The number of piperidine rings is 1. The van der Waals surface area contributed by atoms with Crippen LogP contribution in [0, 0.1) is 17.8 Å². The summed E-state index contributed by atoms with van der Waals surface area (Å²) in [6, 6.07) is 0.759. The number of carbonyl (C=O) groups is 1. The van der Waals surface area contributed by atoms with E-state index in [4.69, 9.17) is 0 Å². The van der Waals surface area contributed by atoms with Crippen molar-refractivity contribution in [2.75, 3.05) is 19.6 Å². The van der Waals surface area contributed by atoms with E-state index in [0.717, 1.165) is 51.6 Å². The molecule has 2 aliphatic carbocycles. The number of nitrogens with zero attached hydrogens (tertiary/aromatic N) is 2. The van der Waals surface area contributed by atoms with Gasteiger partial charge in [0.1, 0.15) is 0 Å². The highest BCUT2D eigenvalue weighted by Gasteiger charge is 2.46. The molecule has 0 aromatic heterocycles. The Morgan fingerprint density at radius 1 is 0.970 bits per heavy atom. The van der Waals surface area contributed by atoms with Crippen molar-refractivity contribution >= 4 is 15.9 Å². The Kier molecular flexibility index (Phi) is 7.06. The van der Waals surface area contributed by atoms with Crippen molar-refractivity contribution in [3.63, 3.8) is 0 Å². The van der Waals surface area contributed by atoms with Crippen LogP contribution in [0.15, 0.2) is 0 Å². The van der Waals surface area contributed by atoms with Gasteiger partial charge in [0.15, 0.2) is 0 Å². The van der Waals surface area contributed by atoms with Crippen molar-refractivity contribution in [3.05, 3.63) is 0 Å². The SMILES string of the molecule is CC(C)N1NCC2CC(NC(=O)C3CCCC(S(=O)(=O)N4CCC5CCCCC54)C3)CNC21. The molecule has 3 N–H and O–H groups in total. The van der Waals surface area contributed by atoms with Crippen LogP contribution >= 0.6 is 0 Å². The van der Waals surface area contributed by atoms with Crippen LogP contribution < -0.4 is 16.1 Å². The van der Waals surface area contributed by atoms with Crippen LogP contribution in [0.5, 0.6) is 0 Å². The molecule has 3 heterocycles. The van der Waals surface area contributed by atoms with E-state index in [1.807, 2.05) is 4.31 Å². The Morgan fingerprint density at radius 2 is 1.79 bits per heavy atom. The summed E-state index contributed by atoms with van der Waals surface area (Å²) in [7, 11) is -3.33. The van der Waals surface area contributed by atoms with E-state index >= 15 is 0 Å². The van der Waals surface area contributed by atoms with Crippen molar-refractivity contribution in [2.45, 2.75) is 108 Å². The van der Waals surface area contributed by atoms with E-state index in [1.54, 1.807) is 0 Å². The fourth-order valence-electron chi connectivity index (χ4n) is 7.31. The van der Waals surface area contributed by atoms with E-state index < -0.39 is 15.3 Å². The molecule has 3 aliphatic heterocycles. The summed E-state index contributed by atoms with van der Waals surface area (Å²) < 4.78 is 29.0. The number of hydrogen-bond acceptors (Lipinski definition) is 6. The van der Waals surface area contributed by atoms with Crippen molar-refractivity contribution < 1.29 is 13.2 Å². The molecular weight excluding hydrogens is 438 g/mol. The average Bonchev–Trinajstić information content (AvgIpc) is 3.43. The van der Waals surface area contributed by atoms with E-state index in [1.165, 1.54) is 12.8 Å². The summed E-state index contributed by atoms with van der Waals surface area (Å²) in [6.45, 7) is 6.76. The highest BCUT2D eigenvalue weighted by Crippen LogP contribution is 2.40. The summed E-state index contributed by atoms with van der Waals surface area (Å²) in [6.07, 6.45) is 9.69. The van der Waals surface area contributed by atoms with E-state index in [0.29, 0.717) is 43.4 Å². The van der Waals surface area contributed by atoms with Gasteiger partial charge in [-0.15, -0.1) is 0 Å². The lowest BCUT2D eigenvalue weighted by Crippen LogP contribution is -2.59. The van der Waals surface area contributed by atoms with Gasteiger partial charge < -0.3 is 5.32 Å². The Balaban J connectivity index is 1.17. The second-order valence-electron chi connectivity index (χ2n) is 11.5. The minimum absolute atomic E-state index is 0.0591. The third-order valence-electron chi connectivity index (χ3n) is 9.05. The fraction of sp³-hybridized carbons (Fsp3) is 0.958. The number of amides is 1. The lowest BCUT2D eigenvalue weighted by molar-refractivity contribution is -0.127. The van der Waals surface area contributed by atoms with Crippen molar-refractivity contribution in [1.29, 1.82) is 0 Å². The summed E-state index contributed by atoms with van der Waals surface area (Å²) >= 11 is 0. The fourth-order valence-corrected chi connectivity index (χ4v) is 9.64. The zero-order chi connectivity index (χ0) is 23.2.